The third-order valence-electron chi connectivity index (χ3n) is 3.36. The summed E-state index contributed by atoms with van der Waals surface area (Å²) >= 11 is 0. The molecule has 0 aromatic heterocycles. The topological polar surface area (TPSA) is 50.7 Å². The van der Waals surface area contributed by atoms with Crippen molar-refractivity contribution >= 4 is 0 Å². The lowest BCUT2D eigenvalue weighted by molar-refractivity contribution is 0.0130. The Morgan fingerprint density at radius 1 is 1.50 bits per heavy atom. The van der Waals surface area contributed by atoms with Crippen LogP contribution in [0.3, 0.4) is 0 Å². The maximum Gasteiger partial charge on any atom is 0.123 e. The lowest BCUT2D eigenvalue weighted by Crippen LogP contribution is -2.37. The molecule has 100 valence electrons. The number of rotatable bonds is 4. The second kappa shape index (κ2) is 6.07. The van der Waals surface area contributed by atoms with E-state index in [2.05, 4.69) is 12.2 Å². The van der Waals surface area contributed by atoms with Crippen molar-refractivity contribution in [3.63, 3.8) is 0 Å². The van der Waals surface area contributed by atoms with Crippen LogP contribution in [0.4, 0.5) is 0 Å². The summed E-state index contributed by atoms with van der Waals surface area (Å²) in [4.78, 5) is 0. The number of hydrogen-bond acceptors (Lipinski definition) is 4. The quantitative estimate of drug-likeness (QED) is 0.860. The lowest BCUT2D eigenvalue weighted by atomic mass is 10.0. The molecule has 0 aliphatic carbocycles. The van der Waals surface area contributed by atoms with E-state index in [1.807, 2.05) is 12.1 Å². The maximum atomic E-state index is 9.86. The maximum absolute atomic E-state index is 9.86. The third-order valence-corrected chi connectivity index (χ3v) is 3.36. The van der Waals surface area contributed by atoms with Crippen LogP contribution >= 0.6 is 0 Å². The largest absolute Gasteiger partial charge is 0.507 e. The van der Waals surface area contributed by atoms with E-state index in [9.17, 15) is 5.11 Å². The second-order valence-electron chi connectivity index (χ2n) is 4.78. The number of phenolic OH excluding ortho intramolecular Hbond substituents is 1. The average molecular weight is 251 g/mol. The van der Waals surface area contributed by atoms with Gasteiger partial charge in [-0.05, 0) is 25.8 Å². The predicted octanol–water partition coefficient (Wildman–Crippen LogP) is 2.06. The molecule has 4 heteroatoms. The number of ether oxygens (including phenoxy) is 2. The molecule has 1 fully saturated rings. The first-order chi connectivity index (χ1) is 8.69. The van der Waals surface area contributed by atoms with Crippen molar-refractivity contribution in [2.24, 2.45) is 0 Å². The number of nitrogens with one attached hydrogen (secondary N) is 1. The van der Waals surface area contributed by atoms with Crippen molar-refractivity contribution < 1.29 is 14.6 Å². The van der Waals surface area contributed by atoms with E-state index in [1.165, 1.54) is 0 Å². The summed E-state index contributed by atoms with van der Waals surface area (Å²) in [5, 5.41) is 13.3. The fraction of sp³-hybridized carbons (Fsp3) is 0.571. The Morgan fingerprint density at radius 3 is 3.00 bits per heavy atom. The van der Waals surface area contributed by atoms with E-state index in [0.29, 0.717) is 24.4 Å². The van der Waals surface area contributed by atoms with E-state index in [4.69, 9.17) is 9.47 Å². The zero-order valence-corrected chi connectivity index (χ0v) is 11.0. The van der Waals surface area contributed by atoms with Crippen LogP contribution in [0.25, 0.3) is 0 Å². The van der Waals surface area contributed by atoms with E-state index in [-0.39, 0.29) is 5.75 Å². The highest BCUT2D eigenvalue weighted by molar-refractivity contribution is 5.39. The number of methoxy groups -OCH3 is 1. The van der Waals surface area contributed by atoms with Gasteiger partial charge in [0.15, 0.2) is 0 Å². The van der Waals surface area contributed by atoms with E-state index < -0.39 is 0 Å². The van der Waals surface area contributed by atoms with Gasteiger partial charge in [-0.2, -0.15) is 0 Å². The highest BCUT2D eigenvalue weighted by atomic mass is 16.5. The first-order valence-corrected chi connectivity index (χ1v) is 6.40. The first kappa shape index (κ1) is 13.2. The van der Waals surface area contributed by atoms with E-state index >= 15 is 0 Å². The molecule has 18 heavy (non-hydrogen) atoms. The van der Waals surface area contributed by atoms with Gasteiger partial charge in [0.05, 0.1) is 13.2 Å². The molecule has 4 nitrogen and oxygen atoms in total. The Kier molecular flexibility index (Phi) is 4.44. The minimum atomic E-state index is 0.280. The smallest absolute Gasteiger partial charge is 0.123 e. The van der Waals surface area contributed by atoms with E-state index in [0.717, 1.165) is 25.0 Å². The van der Waals surface area contributed by atoms with Gasteiger partial charge in [-0.3, -0.25) is 0 Å². The molecular weight excluding hydrogens is 230 g/mol. The summed E-state index contributed by atoms with van der Waals surface area (Å²) in [6.45, 7) is 3.58. The Balaban J connectivity index is 1.89. The monoisotopic (exact) mass is 251 g/mol. The fourth-order valence-electron chi connectivity index (χ4n) is 2.26. The van der Waals surface area contributed by atoms with Crippen LogP contribution in [-0.2, 0) is 11.3 Å². The minimum absolute atomic E-state index is 0.280. The Labute approximate surface area is 108 Å². The van der Waals surface area contributed by atoms with Crippen LogP contribution in [0.5, 0.6) is 11.5 Å². The molecule has 0 spiro atoms. The number of aromatic hydroxyl groups is 1. The van der Waals surface area contributed by atoms with Crippen LogP contribution in [0.15, 0.2) is 18.2 Å². The Bertz CT molecular complexity index is 395. The van der Waals surface area contributed by atoms with Crippen molar-refractivity contribution in [3.05, 3.63) is 23.8 Å². The van der Waals surface area contributed by atoms with Crippen LogP contribution in [0.2, 0.25) is 0 Å². The van der Waals surface area contributed by atoms with Crippen molar-refractivity contribution in [2.75, 3.05) is 13.7 Å². The normalized spacial score (nSPS) is 23.9. The molecule has 0 bridgehead atoms. The predicted molar refractivity (Wildman–Crippen MR) is 69.9 cm³/mol. The van der Waals surface area contributed by atoms with Gasteiger partial charge < -0.3 is 19.9 Å². The molecule has 1 aliphatic rings. The van der Waals surface area contributed by atoms with Gasteiger partial charge in [0.25, 0.3) is 0 Å². The summed E-state index contributed by atoms with van der Waals surface area (Å²) in [5.74, 6) is 0.956. The van der Waals surface area contributed by atoms with Gasteiger partial charge in [0.2, 0.25) is 0 Å². The number of benzene rings is 1. The van der Waals surface area contributed by atoms with Gasteiger partial charge in [0, 0.05) is 30.8 Å². The molecular formula is C14H21NO3. The molecule has 2 rings (SSSR count). The Hall–Kier alpha value is -1.26. The lowest BCUT2D eigenvalue weighted by Gasteiger charge is -2.28. The molecule has 2 unspecified atom stereocenters. The van der Waals surface area contributed by atoms with Gasteiger partial charge in [-0.1, -0.05) is 6.07 Å². The highest BCUT2D eigenvalue weighted by Crippen LogP contribution is 2.23. The summed E-state index contributed by atoms with van der Waals surface area (Å²) < 4.78 is 10.6. The molecule has 1 heterocycles. The van der Waals surface area contributed by atoms with E-state index in [1.54, 1.807) is 13.2 Å². The zero-order chi connectivity index (χ0) is 13.0. The highest BCUT2D eigenvalue weighted by Gasteiger charge is 2.18. The summed E-state index contributed by atoms with van der Waals surface area (Å²) in [5.41, 5.74) is 0.898. The van der Waals surface area contributed by atoms with Crippen LogP contribution in [-0.4, -0.2) is 31.0 Å². The Morgan fingerprint density at radius 2 is 2.33 bits per heavy atom. The fourth-order valence-corrected chi connectivity index (χ4v) is 2.26. The average Bonchev–Trinajstić information content (AvgIpc) is 2.37. The summed E-state index contributed by atoms with van der Waals surface area (Å²) in [6.07, 6.45) is 2.37. The van der Waals surface area contributed by atoms with Crippen molar-refractivity contribution in [2.45, 2.75) is 38.5 Å². The van der Waals surface area contributed by atoms with Crippen molar-refractivity contribution in [3.8, 4) is 11.5 Å². The van der Waals surface area contributed by atoms with Crippen LogP contribution < -0.4 is 10.1 Å². The molecule has 2 atom stereocenters. The van der Waals surface area contributed by atoms with Crippen molar-refractivity contribution in [1.82, 2.24) is 5.32 Å². The summed E-state index contributed by atoms with van der Waals surface area (Å²) in [7, 11) is 1.59. The molecule has 1 saturated heterocycles. The van der Waals surface area contributed by atoms with Gasteiger partial charge in [-0.15, -0.1) is 0 Å². The molecule has 1 aliphatic heterocycles. The molecule has 0 amide bonds. The van der Waals surface area contributed by atoms with Crippen LogP contribution in [0.1, 0.15) is 25.3 Å². The first-order valence-electron chi connectivity index (χ1n) is 6.40. The molecule has 1 aromatic rings. The van der Waals surface area contributed by atoms with Gasteiger partial charge >= 0.3 is 0 Å². The molecule has 1 aromatic carbocycles. The SMILES string of the molecule is COc1ccc(CNC2CCOC(C)C2)c(O)c1. The number of phenols is 1. The molecule has 0 radical (unpaired) electrons. The third kappa shape index (κ3) is 3.37. The summed E-state index contributed by atoms with van der Waals surface area (Å²) in [6, 6.07) is 5.87. The van der Waals surface area contributed by atoms with Crippen LogP contribution in [0, 0.1) is 0 Å². The second-order valence-corrected chi connectivity index (χ2v) is 4.78. The van der Waals surface area contributed by atoms with Gasteiger partial charge in [-0.25, -0.2) is 0 Å². The number of hydrogen-bond donors (Lipinski definition) is 2. The molecule has 0 saturated carbocycles. The standard InChI is InChI=1S/C14H21NO3/c1-10-7-12(5-6-18-10)15-9-11-3-4-13(17-2)8-14(11)16/h3-4,8,10,12,15-16H,5-7,9H2,1-2H3. The molecule has 2 N–H and O–H groups in total. The van der Waals surface area contributed by atoms with Gasteiger partial charge in [0.1, 0.15) is 11.5 Å². The van der Waals surface area contributed by atoms with Crippen molar-refractivity contribution in [1.29, 1.82) is 0 Å². The zero-order valence-electron chi connectivity index (χ0n) is 11.0. The minimum Gasteiger partial charge on any atom is -0.507 e.